The van der Waals surface area contributed by atoms with Crippen LogP contribution < -0.4 is 14.8 Å². The van der Waals surface area contributed by atoms with Crippen LogP contribution in [0.25, 0.3) is 10.8 Å². The molecule has 1 amide bonds. The van der Waals surface area contributed by atoms with E-state index in [1.807, 2.05) is 53.1 Å². The Morgan fingerprint density at radius 1 is 1.03 bits per heavy atom. The number of carbonyl (C=O) groups excluding carboxylic acids is 1. The zero-order valence-corrected chi connectivity index (χ0v) is 18.6. The first-order valence-electron chi connectivity index (χ1n) is 9.95. The van der Waals surface area contributed by atoms with Gasteiger partial charge < -0.3 is 24.5 Å². The normalized spacial score (nSPS) is 10.8. The molecule has 2 aromatic carbocycles. The van der Waals surface area contributed by atoms with E-state index >= 15 is 0 Å². The highest BCUT2D eigenvalue weighted by atomic mass is 32.2. The quantitative estimate of drug-likeness (QED) is 0.384. The van der Waals surface area contributed by atoms with E-state index in [2.05, 4.69) is 10.3 Å². The molecular weight excluding hydrogens is 426 g/mol. The molecule has 0 bridgehead atoms. The van der Waals surface area contributed by atoms with E-state index in [0.717, 1.165) is 21.4 Å². The zero-order chi connectivity index (χ0) is 22.5. The molecule has 0 saturated heterocycles. The Hall–Kier alpha value is -3.65. The van der Waals surface area contributed by atoms with Gasteiger partial charge in [0.2, 0.25) is 5.91 Å². The number of benzene rings is 2. The van der Waals surface area contributed by atoms with Crippen molar-refractivity contribution in [1.82, 2.24) is 9.55 Å². The van der Waals surface area contributed by atoms with E-state index in [9.17, 15) is 9.90 Å². The average Bonchev–Trinajstić information content (AvgIpc) is 3.09. The minimum atomic E-state index is -0.170. The summed E-state index contributed by atoms with van der Waals surface area (Å²) in [6.07, 6.45) is 1.63. The van der Waals surface area contributed by atoms with Crippen molar-refractivity contribution in [3.05, 3.63) is 72.4 Å². The third kappa shape index (κ3) is 4.50. The Bertz CT molecular complexity index is 1240. The molecule has 0 spiro atoms. The lowest BCUT2D eigenvalue weighted by molar-refractivity contribution is -0.113. The molecule has 2 N–H and O–H groups in total. The molecule has 0 fully saturated rings. The Kier molecular flexibility index (Phi) is 6.51. The van der Waals surface area contributed by atoms with Gasteiger partial charge in [-0.2, -0.15) is 0 Å². The Morgan fingerprint density at radius 2 is 1.78 bits per heavy atom. The third-order valence-corrected chi connectivity index (χ3v) is 6.08. The number of ether oxygens (including phenoxy) is 2. The van der Waals surface area contributed by atoms with Crippen molar-refractivity contribution in [2.45, 2.75) is 11.6 Å². The summed E-state index contributed by atoms with van der Waals surface area (Å²) in [5.74, 6) is 1.92. The molecule has 0 aliphatic carbocycles. The first-order valence-corrected chi connectivity index (χ1v) is 10.9. The smallest absolute Gasteiger partial charge is 0.235 e. The molecule has 164 valence electrons. The number of amides is 1. The molecule has 0 aliphatic rings. The second-order valence-electron chi connectivity index (χ2n) is 7.00. The van der Waals surface area contributed by atoms with Gasteiger partial charge in [0, 0.05) is 17.0 Å². The van der Waals surface area contributed by atoms with Crippen LogP contribution in [0.1, 0.15) is 5.56 Å². The summed E-state index contributed by atoms with van der Waals surface area (Å²) in [7, 11) is 3.18. The van der Waals surface area contributed by atoms with Gasteiger partial charge in [0.25, 0.3) is 0 Å². The number of aromatic hydroxyl groups is 1. The Morgan fingerprint density at radius 3 is 2.50 bits per heavy atom. The number of methoxy groups -OCH3 is 2. The zero-order valence-electron chi connectivity index (χ0n) is 17.7. The van der Waals surface area contributed by atoms with Crippen molar-refractivity contribution in [2.75, 3.05) is 25.3 Å². The highest BCUT2D eigenvalue weighted by molar-refractivity contribution is 8.00. The van der Waals surface area contributed by atoms with Crippen molar-refractivity contribution in [3.63, 3.8) is 0 Å². The van der Waals surface area contributed by atoms with Crippen LogP contribution in [-0.2, 0) is 11.3 Å². The number of rotatable bonds is 8. The van der Waals surface area contributed by atoms with E-state index in [-0.39, 0.29) is 17.5 Å². The number of aromatic nitrogens is 2. The number of nitrogens with one attached hydrogen (secondary N) is 1. The van der Waals surface area contributed by atoms with Gasteiger partial charge in [-0.3, -0.25) is 4.79 Å². The molecule has 4 rings (SSSR count). The van der Waals surface area contributed by atoms with E-state index in [1.165, 1.54) is 11.8 Å². The minimum Gasteiger partial charge on any atom is -0.494 e. The van der Waals surface area contributed by atoms with E-state index in [0.29, 0.717) is 23.9 Å². The van der Waals surface area contributed by atoms with Crippen LogP contribution in [0.4, 0.5) is 5.82 Å². The lowest BCUT2D eigenvalue weighted by atomic mass is 10.2. The molecule has 0 atom stereocenters. The van der Waals surface area contributed by atoms with Gasteiger partial charge in [-0.1, -0.05) is 42.1 Å². The van der Waals surface area contributed by atoms with E-state index in [4.69, 9.17) is 9.47 Å². The monoisotopic (exact) mass is 449 g/mol. The molecule has 8 heteroatoms. The summed E-state index contributed by atoms with van der Waals surface area (Å²) < 4.78 is 12.5. The topological polar surface area (TPSA) is 85.6 Å². The molecule has 0 aliphatic heterocycles. The van der Waals surface area contributed by atoms with Crippen LogP contribution in [0.2, 0.25) is 0 Å². The highest BCUT2D eigenvalue weighted by Crippen LogP contribution is 2.38. The van der Waals surface area contributed by atoms with Gasteiger partial charge in [0.05, 0.1) is 31.5 Å². The Balaban J connectivity index is 1.62. The van der Waals surface area contributed by atoms with Crippen LogP contribution in [0, 0.1) is 0 Å². The van der Waals surface area contributed by atoms with Crippen LogP contribution in [-0.4, -0.2) is 40.5 Å². The van der Waals surface area contributed by atoms with E-state index < -0.39 is 0 Å². The standard InChI is InChI=1S/C24H23N3O4S/c1-30-19-11-10-16(13-20(19)31-2)14-27-23(29)17-7-3-4-8-18(17)24(27)32-15-22(28)26-21-9-5-6-12-25-21/h3-13,29H,14-15H2,1-2H3,(H,25,26,28). The number of hydrogen-bond acceptors (Lipinski definition) is 6. The fraction of sp³-hybridized carbons (Fsp3) is 0.167. The van der Waals surface area contributed by atoms with Crippen molar-refractivity contribution in [2.24, 2.45) is 0 Å². The number of thioether (sulfide) groups is 1. The molecule has 2 aromatic heterocycles. The number of nitrogens with zero attached hydrogens (tertiary/aromatic N) is 2. The van der Waals surface area contributed by atoms with Crippen molar-refractivity contribution in [1.29, 1.82) is 0 Å². The molecule has 0 unspecified atom stereocenters. The number of anilines is 1. The van der Waals surface area contributed by atoms with Gasteiger partial charge in [-0.15, -0.1) is 0 Å². The number of fused-ring (bicyclic) bond motifs is 1. The predicted molar refractivity (Wildman–Crippen MR) is 126 cm³/mol. The highest BCUT2D eigenvalue weighted by Gasteiger charge is 2.18. The third-order valence-electron chi connectivity index (χ3n) is 4.96. The SMILES string of the molecule is COc1ccc(Cn2c(O)c3ccccc3c2SCC(=O)Nc2ccccn2)cc1OC. The second-order valence-corrected chi connectivity index (χ2v) is 7.97. The van der Waals surface area contributed by atoms with Crippen molar-refractivity contribution >= 4 is 34.3 Å². The average molecular weight is 450 g/mol. The summed E-state index contributed by atoms with van der Waals surface area (Å²) >= 11 is 1.37. The summed E-state index contributed by atoms with van der Waals surface area (Å²) in [6, 6.07) is 18.6. The first kappa shape index (κ1) is 21.6. The molecule has 2 heterocycles. The molecule has 7 nitrogen and oxygen atoms in total. The maximum absolute atomic E-state index is 12.5. The summed E-state index contributed by atoms with van der Waals surface area (Å²) in [5, 5.41) is 16.2. The van der Waals surface area contributed by atoms with Gasteiger partial charge in [-0.05, 0) is 35.9 Å². The fourth-order valence-electron chi connectivity index (χ4n) is 3.47. The number of carbonyl (C=O) groups is 1. The minimum absolute atomic E-state index is 0.156. The van der Waals surface area contributed by atoms with Crippen molar-refractivity contribution in [3.8, 4) is 17.4 Å². The van der Waals surface area contributed by atoms with Gasteiger partial charge in [0.1, 0.15) is 5.82 Å². The molecular formula is C24H23N3O4S. The van der Waals surface area contributed by atoms with Gasteiger partial charge in [0.15, 0.2) is 17.4 Å². The number of pyridine rings is 1. The number of hydrogen-bond donors (Lipinski definition) is 2. The van der Waals surface area contributed by atoms with Gasteiger partial charge in [-0.25, -0.2) is 4.98 Å². The molecule has 4 aromatic rings. The largest absolute Gasteiger partial charge is 0.494 e. The van der Waals surface area contributed by atoms with Crippen LogP contribution in [0.3, 0.4) is 0 Å². The molecule has 0 radical (unpaired) electrons. The lowest BCUT2D eigenvalue weighted by Gasteiger charge is -2.13. The van der Waals surface area contributed by atoms with Crippen LogP contribution in [0.5, 0.6) is 17.4 Å². The summed E-state index contributed by atoms with van der Waals surface area (Å²) in [6.45, 7) is 0.408. The second kappa shape index (κ2) is 9.65. The maximum atomic E-state index is 12.5. The van der Waals surface area contributed by atoms with Gasteiger partial charge >= 0.3 is 0 Å². The lowest BCUT2D eigenvalue weighted by Crippen LogP contribution is -2.15. The predicted octanol–water partition coefficient (Wildman–Crippen LogP) is 4.54. The summed E-state index contributed by atoms with van der Waals surface area (Å²) in [4.78, 5) is 16.6. The Labute approximate surface area is 190 Å². The molecule has 0 saturated carbocycles. The van der Waals surface area contributed by atoms with E-state index in [1.54, 1.807) is 32.5 Å². The molecule has 32 heavy (non-hydrogen) atoms. The maximum Gasteiger partial charge on any atom is 0.235 e. The fourth-order valence-corrected chi connectivity index (χ4v) is 4.45. The van der Waals surface area contributed by atoms with Crippen LogP contribution in [0.15, 0.2) is 71.9 Å². The van der Waals surface area contributed by atoms with Crippen LogP contribution >= 0.6 is 11.8 Å². The first-order chi connectivity index (χ1) is 15.6. The van der Waals surface area contributed by atoms with Crippen molar-refractivity contribution < 1.29 is 19.4 Å². The summed E-state index contributed by atoms with van der Waals surface area (Å²) in [5.41, 5.74) is 0.929.